The Morgan fingerprint density at radius 3 is 3.00 bits per heavy atom. The summed E-state index contributed by atoms with van der Waals surface area (Å²) < 4.78 is 0.900. The molecule has 0 saturated carbocycles. The highest BCUT2D eigenvalue weighted by Gasteiger charge is 2.30. The number of nitrogens with zero attached hydrogens (tertiary/aromatic N) is 2. The highest BCUT2D eigenvalue weighted by atomic mass is 79.9. The highest BCUT2D eigenvalue weighted by molar-refractivity contribution is 9.10. The van der Waals surface area contributed by atoms with Crippen LogP contribution >= 0.6 is 15.9 Å². The number of rotatable bonds is 1. The van der Waals surface area contributed by atoms with E-state index in [4.69, 9.17) is 0 Å². The summed E-state index contributed by atoms with van der Waals surface area (Å²) in [4.78, 5) is 15.1. The molecule has 0 fully saturated rings. The van der Waals surface area contributed by atoms with Gasteiger partial charge in [0.2, 0.25) is 0 Å². The minimum Gasteiger partial charge on any atom is -0.258 e. The topological polar surface area (TPSA) is 55.5 Å². The molecule has 1 aliphatic heterocycles. The maximum Gasteiger partial charge on any atom is 0.278 e. The van der Waals surface area contributed by atoms with Crippen LogP contribution in [0.2, 0.25) is 0 Å². The number of halogens is 1. The van der Waals surface area contributed by atoms with Crippen molar-refractivity contribution in [1.29, 1.82) is 0 Å². The third-order valence-electron chi connectivity index (χ3n) is 2.81. The molecule has 0 atom stereocenters. The van der Waals surface area contributed by atoms with Gasteiger partial charge in [-0.25, -0.2) is 0 Å². The summed E-state index contributed by atoms with van der Waals surface area (Å²) >= 11 is 3.38. The van der Waals surface area contributed by atoms with Gasteiger partial charge in [0, 0.05) is 22.5 Å². The largest absolute Gasteiger partial charge is 0.278 e. The third-order valence-corrected chi connectivity index (χ3v) is 3.30. The zero-order chi connectivity index (χ0) is 12.0. The van der Waals surface area contributed by atoms with E-state index >= 15 is 0 Å². The van der Waals surface area contributed by atoms with E-state index in [1.807, 2.05) is 18.2 Å². The minimum absolute atomic E-state index is 0.131. The summed E-state index contributed by atoms with van der Waals surface area (Å²) in [6.45, 7) is 0. The molecule has 0 N–H and O–H groups in total. The van der Waals surface area contributed by atoms with E-state index < -0.39 is 0 Å². The lowest BCUT2D eigenvalue weighted by atomic mass is 9.95. The van der Waals surface area contributed by atoms with Crippen molar-refractivity contribution < 1.29 is 4.92 Å². The zero-order valence-electron chi connectivity index (χ0n) is 8.68. The third kappa shape index (κ3) is 1.54. The van der Waals surface area contributed by atoms with Crippen LogP contribution in [0.5, 0.6) is 0 Å². The molecule has 0 radical (unpaired) electrons. The molecule has 0 spiro atoms. The van der Waals surface area contributed by atoms with Gasteiger partial charge in [-0.1, -0.05) is 22.0 Å². The average Bonchev–Trinajstić information content (AvgIpc) is 2.66. The Kier molecular flexibility index (Phi) is 2.22. The second kappa shape index (κ2) is 3.63. The molecule has 0 unspecified atom stereocenters. The Bertz CT molecular complexity index is 629. The predicted molar refractivity (Wildman–Crippen MR) is 68.9 cm³/mol. The van der Waals surface area contributed by atoms with Crippen LogP contribution in [0.15, 0.2) is 45.5 Å². The Hall–Kier alpha value is -1.75. The first-order valence-corrected chi connectivity index (χ1v) is 5.89. The van der Waals surface area contributed by atoms with E-state index in [0.29, 0.717) is 12.0 Å². The van der Waals surface area contributed by atoms with Gasteiger partial charge in [-0.15, -0.1) is 0 Å². The van der Waals surface area contributed by atoms with Crippen LogP contribution in [-0.2, 0) is 0 Å². The first-order valence-electron chi connectivity index (χ1n) is 5.10. The number of fused-ring (bicyclic) bond motifs is 3. The van der Waals surface area contributed by atoms with Crippen molar-refractivity contribution in [3.05, 3.63) is 56.2 Å². The number of allylic oxidation sites excluding steroid dienone is 3. The molecule has 1 aliphatic carbocycles. The molecule has 0 aromatic heterocycles. The molecule has 0 bridgehead atoms. The summed E-state index contributed by atoms with van der Waals surface area (Å²) in [7, 11) is 0. The fraction of sp³-hybridized carbons (Fsp3) is 0.0833. The highest BCUT2D eigenvalue weighted by Crippen LogP contribution is 2.41. The van der Waals surface area contributed by atoms with Gasteiger partial charge >= 0.3 is 0 Å². The molecule has 0 amide bonds. The summed E-state index contributed by atoms with van der Waals surface area (Å²) in [6.07, 6.45) is 3.99. The molecule has 1 heterocycles. The Labute approximate surface area is 106 Å². The lowest BCUT2D eigenvalue weighted by molar-refractivity contribution is -0.417. The van der Waals surface area contributed by atoms with E-state index in [2.05, 4.69) is 20.9 Å². The van der Waals surface area contributed by atoms with Crippen LogP contribution in [0.3, 0.4) is 0 Å². The fourth-order valence-electron chi connectivity index (χ4n) is 2.11. The van der Waals surface area contributed by atoms with Crippen LogP contribution in [0, 0.1) is 10.1 Å². The molecular formula is C12H7BrN2O2. The van der Waals surface area contributed by atoms with E-state index in [0.717, 1.165) is 21.4 Å². The summed E-state index contributed by atoms with van der Waals surface area (Å²) in [5, 5.41) is 11.0. The van der Waals surface area contributed by atoms with Gasteiger partial charge in [-0.05, 0) is 18.2 Å². The van der Waals surface area contributed by atoms with Gasteiger partial charge < -0.3 is 0 Å². The zero-order valence-corrected chi connectivity index (χ0v) is 10.3. The normalized spacial score (nSPS) is 16.6. The molecule has 0 saturated heterocycles. The molecule has 5 heteroatoms. The lowest BCUT2D eigenvalue weighted by Gasteiger charge is -2.07. The average molecular weight is 291 g/mol. The standard InChI is InChI=1S/C12H7BrN2O2/c13-7-4-5-9-8(6-7)12-10(14-9)2-1-3-11(12)15(16)17/h1,3-6H,2H2. The Balaban J connectivity index is 2.30. The molecule has 3 rings (SSSR count). The van der Waals surface area contributed by atoms with Crippen molar-refractivity contribution in [2.45, 2.75) is 6.42 Å². The quantitative estimate of drug-likeness (QED) is 0.587. The van der Waals surface area contributed by atoms with Crippen LogP contribution in [0.25, 0.3) is 5.57 Å². The molecule has 2 aliphatic rings. The summed E-state index contributed by atoms with van der Waals surface area (Å²) in [6, 6.07) is 5.64. The lowest BCUT2D eigenvalue weighted by Crippen LogP contribution is -2.09. The van der Waals surface area contributed by atoms with Crippen LogP contribution in [0.1, 0.15) is 12.0 Å². The number of hydrogen-bond acceptors (Lipinski definition) is 3. The van der Waals surface area contributed by atoms with Gasteiger partial charge in [0.1, 0.15) is 0 Å². The fourth-order valence-corrected chi connectivity index (χ4v) is 2.48. The number of aliphatic imine (C=N–C) groups is 1. The van der Waals surface area contributed by atoms with E-state index in [9.17, 15) is 10.1 Å². The number of benzene rings is 1. The van der Waals surface area contributed by atoms with Crippen molar-refractivity contribution in [3.8, 4) is 0 Å². The number of hydrogen-bond donors (Lipinski definition) is 0. The van der Waals surface area contributed by atoms with Crippen LogP contribution in [0.4, 0.5) is 5.69 Å². The first kappa shape index (κ1) is 10.4. The molecule has 1 aromatic carbocycles. The van der Waals surface area contributed by atoms with Gasteiger partial charge in [-0.3, -0.25) is 15.1 Å². The van der Waals surface area contributed by atoms with Crippen molar-refractivity contribution >= 4 is 32.9 Å². The maximum atomic E-state index is 11.0. The van der Waals surface area contributed by atoms with Crippen LogP contribution < -0.4 is 0 Å². The summed E-state index contributed by atoms with van der Waals surface area (Å²) in [5.41, 5.74) is 3.22. The SMILES string of the molecule is O=[N+]([O-])C1=C2C(=Nc3ccc(Br)cc32)CC=C1. The molecule has 17 heavy (non-hydrogen) atoms. The smallest absolute Gasteiger partial charge is 0.258 e. The molecule has 4 nitrogen and oxygen atoms in total. The maximum absolute atomic E-state index is 11.0. The molecular weight excluding hydrogens is 284 g/mol. The van der Waals surface area contributed by atoms with E-state index in [1.165, 1.54) is 0 Å². The summed E-state index contributed by atoms with van der Waals surface area (Å²) in [5.74, 6) is 0. The van der Waals surface area contributed by atoms with Gasteiger partial charge in [0.15, 0.2) is 0 Å². The van der Waals surface area contributed by atoms with Gasteiger partial charge in [0.25, 0.3) is 5.70 Å². The van der Waals surface area contributed by atoms with Crippen molar-refractivity contribution in [3.63, 3.8) is 0 Å². The van der Waals surface area contributed by atoms with Gasteiger partial charge in [-0.2, -0.15) is 0 Å². The Morgan fingerprint density at radius 2 is 2.24 bits per heavy atom. The Morgan fingerprint density at radius 1 is 1.41 bits per heavy atom. The number of nitro groups is 1. The van der Waals surface area contributed by atoms with E-state index in [-0.39, 0.29) is 10.6 Å². The monoisotopic (exact) mass is 290 g/mol. The predicted octanol–water partition coefficient (Wildman–Crippen LogP) is 3.48. The second-order valence-electron chi connectivity index (χ2n) is 3.84. The van der Waals surface area contributed by atoms with Crippen molar-refractivity contribution in [2.24, 2.45) is 4.99 Å². The van der Waals surface area contributed by atoms with Crippen LogP contribution in [-0.4, -0.2) is 10.6 Å². The van der Waals surface area contributed by atoms with Crippen molar-refractivity contribution in [1.82, 2.24) is 0 Å². The van der Waals surface area contributed by atoms with Gasteiger partial charge in [0.05, 0.1) is 21.9 Å². The molecule has 1 aromatic rings. The first-order chi connectivity index (χ1) is 8.16. The molecule has 84 valence electrons. The second-order valence-corrected chi connectivity index (χ2v) is 4.76. The van der Waals surface area contributed by atoms with Crippen molar-refractivity contribution in [2.75, 3.05) is 0 Å². The van der Waals surface area contributed by atoms with E-state index in [1.54, 1.807) is 12.2 Å². The minimum atomic E-state index is -0.351.